The molecule has 17 heavy (non-hydrogen) atoms. The molecule has 0 fully saturated rings. The van der Waals surface area contributed by atoms with E-state index in [0.717, 1.165) is 13.1 Å². The molecule has 0 aliphatic carbocycles. The first-order chi connectivity index (χ1) is 7.89. The van der Waals surface area contributed by atoms with Crippen LogP contribution < -0.4 is 0 Å². The van der Waals surface area contributed by atoms with Gasteiger partial charge in [0.2, 0.25) is 5.91 Å². The first-order valence-corrected chi connectivity index (χ1v) is 6.23. The van der Waals surface area contributed by atoms with Crippen LogP contribution in [0.4, 0.5) is 0 Å². The van der Waals surface area contributed by atoms with Crippen molar-refractivity contribution in [3.63, 3.8) is 0 Å². The van der Waals surface area contributed by atoms with Crippen LogP contribution >= 0.6 is 0 Å². The third kappa shape index (κ3) is 2.36. The van der Waals surface area contributed by atoms with E-state index in [2.05, 4.69) is 45.0 Å². The van der Waals surface area contributed by atoms with E-state index in [-0.39, 0.29) is 11.3 Å². The monoisotopic (exact) mass is 231 g/mol. The quantitative estimate of drug-likeness (QED) is 0.671. The minimum Gasteiger partial charge on any atom is -0.338 e. The molecular formula is C15H21NO. The summed E-state index contributed by atoms with van der Waals surface area (Å²) in [7, 11) is 0. The zero-order valence-corrected chi connectivity index (χ0v) is 11.2. The maximum absolute atomic E-state index is 11.6. The van der Waals surface area contributed by atoms with Crippen molar-refractivity contribution in [3.05, 3.63) is 35.4 Å². The van der Waals surface area contributed by atoms with Crippen molar-refractivity contribution in [1.29, 1.82) is 0 Å². The molecule has 1 aromatic rings. The van der Waals surface area contributed by atoms with Crippen molar-refractivity contribution in [3.8, 4) is 0 Å². The summed E-state index contributed by atoms with van der Waals surface area (Å²) in [6.07, 6.45) is 0. The fourth-order valence-corrected chi connectivity index (χ4v) is 2.59. The van der Waals surface area contributed by atoms with Gasteiger partial charge in [-0.05, 0) is 16.5 Å². The predicted molar refractivity (Wildman–Crippen MR) is 69.7 cm³/mol. The first-order valence-electron chi connectivity index (χ1n) is 6.23. The van der Waals surface area contributed by atoms with Crippen LogP contribution in [-0.2, 0) is 11.3 Å². The van der Waals surface area contributed by atoms with Crippen LogP contribution in [-0.4, -0.2) is 17.4 Å². The summed E-state index contributed by atoms with van der Waals surface area (Å²) in [5.74, 6) is 0.602. The van der Waals surface area contributed by atoms with Gasteiger partial charge in [-0.2, -0.15) is 0 Å². The normalized spacial score (nSPS) is 20.0. The van der Waals surface area contributed by atoms with Gasteiger partial charge in [0, 0.05) is 25.9 Å². The Hall–Kier alpha value is -1.31. The van der Waals surface area contributed by atoms with Crippen molar-refractivity contribution in [2.45, 2.75) is 40.2 Å². The number of nitrogens with zero attached hydrogens (tertiary/aromatic N) is 1. The summed E-state index contributed by atoms with van der Waals surface area (Å²) in [5.41, 5.74) is 2.90. The molecular weight excluding hydrogens is 210 g/mol. The smallest absolute Gasteiger partial charge is 0.219 e. The topological polar surface area (TPSA) is 20.3 Å². The molecule has 92 valence electrons. The minimum atomic E-state index is 0.175. The van der Waals surface area contributed by atoms with Gasteiger partial charge in [0.1, 0.15) is 0 Å². The molecule has 0 spiro atoms. The number of fused-ring (bicyclic) bond motifs is 1. The standard InChI is InChI=1S/C15H21NO/c1-11(17)16-9-12-7-5-6-8-13(12)14(10-16)15(2,3)4/h5-8,14H,9-10H2,1-4H3. The van der Waals surface area contributed by atoms with Crippen molar-refractivity contribution < 1.29 is 4.79 Å². The zero-order valence-electron chi connectivity index (χ0n) is 11.2. The molecule has 1 unspecified atom stereocenters. The fourth-order valence-electron chi connectivity index (χ4n) is 2.59. The van der Waals surface area contributed by atoms with Crippen molar-refractivity contribution in [1.82, 2.24) is 4.90 Å². The second-order valence-electron chi connectivity index (χ2n) is 6.02. The lowest BCUT2D eigenvalue weighted by Gasteiger charge is -2.40. The van der Waals surface area contributed by atoms with E-state index in [1.807, 2.05) is 4.90 Å². The van der Waals surface area contributed by atoms with Crippen LogP contribution in [0.1, 0.15) is 44.7 Å². The van der Waals surface area contributed by atoms with E-state index in [4.69, 9.17) is 0 Å². The van der Waals surface area contributed by atoms with E-state index in [0.29, 0.717) is 5.92 Å². The summed E-state index contributed by atoms with van der Waals surface area (Å²) >= 11 is 0. The molecule has 1 aliphatic rings. The zero-order chi connectivity index (χ0) is 12.6. The highest BCUT2D eigenvalue weighted by Gasteiger charge is 2.34. The molecule has 2 rings (SSSR count). The number of carbonyl (C=O) groups excluding carboxylic acids is 1. The van der Waals surface area contributed by atoms with Gasteiger partial charge in [-0.1, -0.05) is 45.0 Å². The molecule has 2 heteroatoms. The van der Waals surface area contributed by atoms with Gasteiger partial charge in [0.15, 0.2) is 0 Å². The summed E-state index contributed by atoms with van der Waals surface area (Å²) in [6, 6.07) is 8.51. The Morgan fingerprint density at radius 2 is 1.94 bits per heavy atom. The second kappa shape index (κ2) is 4.17. The summed E-state index contributed by atoms with van der Waals surface area (Å²) in [6.45, 7) is 10.0. The van der Waals surface area contributed by atoms with E-state index >= 15 is 0 Å². The molecule has 1 aliphatic heterocycles. The number of benzene rings is 1. The van der Waals surface area contributed by atoms with Crippen LogP contribution in [0.25, 0.3) is 0 Å². The van der Waals surface area contributed by atoms with Crippen molar-refractivity contribution in [2.75, 3.05) is 6.54 Å². The molecule has 0 N–H and O–H groups in total. The van der Waals surface area contributed by atoms with E-state index < -0.39 is 0 Å². The molecule has 2 nitrogen and oxygen atoms in total. The SMILES string of the molecule is CC(=O)N1Cc2ccccc2C(C(C)(C)C)C1. The molecule has 1 aromatic carbocycles. The minimum absolute atomic E-state index is 0.175. The van der Waals surface area contributed by atoms with Gasteiger partial charge in [0.05, 0.1) is 0 Å². The Kier molecular flexibility index (Phi) is 2.98. The Balaban J connectivity index is 2.43. The fraction of sp³-hybridized carbons (Fsp3) is 0.533. The maximum Gasteiger partial charge on any atom is 0.219 e. The Morgan fingerprint density at radius 1 is 1.29 bits per heavy atom. The lowest BCUT2D eigenvalue weighted by molar-refractivity contribution is -0.130. The summed E-state index contributed by atoms with van der Waals surface area (Å²) in [4.78, 5) is 13.6. The highest BCUT2D eigenvalue weighted by molar-refractivity contribution is 5.73. The van der Waals surface area contributed by atoms with Crippen LogP contribution in [0.3, 0.4) is 0 Å². The van der Waals surface area contributed by atoms with Crippen LogP contribution in [0.15, 0.2) is 24.3 Å². The lowest BCUT2D eigenvalue weighted by Crippen LogP contribution is -2.40. The molecule has 0 saturated carbocycles. The van der Waals surface area contributed by atoms with Crippen LogP contribution in [0, 0.1) is 5.41 Å². The van der Waals surface area contributed by atoms with Gasteiger partial charge in [-0.3, -0.25) is 4.79 Å². The summed E-state index contributed by atoms with van der Waals surface area (Å²) in [5, 5.41) is 0. The van der Waals surface area contributed by atoms with Gasteiger partial charge < -0.3 is 4.90 Å². The molecule has 1 amide bonds. The number of amides is 1. The van der Waals surface area contributed by atoms with Crippen LogP contribution in [0.5, 0.6) is 0 Å². The number of hydrogen-bond acceptors (Lipinski definition) is 1. The Labute approximate surface area is 104 Å². The van der Waals surface area contributed by atoms with E-state index in [1.54, 1.807) is 6.92 Å². The van der Waals surface area contributed by atoms with Crippen LogP contribution in [0.2, 0.25) is 0 Å². The molecule has 0 bridgehead atoms. The molecule has 0 saturated heterocycles. The van der Waals surface area contributed by atoms with E-state index in [9.17, 15) is 4.79 Å². The molecule has 1 heterocycles. The number of rotatable bonds is 0. The largest absolute Gasteiger partial charge is 0.338 e. The van der Waals surface area contributed by atoms with Crippen molar-refractivity contribution in [2.24, 2.45) is 5.41 Å². The second-order valence-corrected chi connectivity index (χ2v) is 6.02. The van der Waals surface area contributed by atoms with Gasteiger partial charge in [-0.25, -0.2) is 0 Å². The summed E-state index contributed by atoms with van der Waals surface area (Å²) < 4.78 is 0. The van der Waals surface area contributed by atoms with Gasteiger partial charge in [-0.15, -0.1) is 0 Å². The average Bonchev–Trinajstić information content (AvgIpc) is 2.26. The number of hydrogen-bond donors (Lipinski definition) is 0. The third-order valence-electron chi connectivity index (χ3n) is 3.69. The Bertz CT molecular complexity index is 431. The highest BCUT2D eigenvalue weighted by Crippen LogP contribution is 2.40. The average molecular weight is 231 g/mol. The number of carbonyl (C=O) groups is 1. The Morgan fingerprint density at radius 3 is 2.53 bits per heavy atom. The van der Waals surface area contributed by atoms with Crippen molar-refractivity contribution >= 4 is 5.91 Å². The first kappa shape index (κ1) is 12.2. The molecule has 1 atom stereocenters. The molecule has 0 aromatic heterocycles. The predicted octanol–water partition coefficient (Wildman–Crippen LogP) is 3.18. The maximum atomic E-state index is 11.6. The van der Waals surface area contributed by atoms with Gasteiger partial charge in [0.25, 0.3) is 0 Å². The molecule has 0 radical (unpaired) electrons. The third-order valence-corrected chi connectivity index (χ3v) is 3.69. The van der Waals surface area contributed by atoms with E-state index in [1.165, 1.54) is 11.1 Å². The lowest BCUT2D eigenvalue weighted by atomic mass is 9.73. The highest BCUT2D eigenvalue weighted by atomic mass is 16.2. The van der Waals surface area contributed by atoms with Gasteiger partial charge >= 0.3 is 0 Å².